The predicted octanol–water partition coefficient (Wildman–Crippen LogP) is 7.53. The highest BCUT2D eigenvalue weighted by Gasteiger charge is 2.06. The third-order valence-electron chi connectivity index (χ3n) is 4.94. The van der Waals surface area contributed by atoms with Gasteiger partial charge in [0.05, 0.1) is 0 Å². The molecule has 0 unspecified atom stereocenters. The molecule has 0 spiro atoms. The Kier molecular flexibility index (Phi) is 3.84. The molecule has 126 valence electrons. The third kappa shape index (κ3) is 2.83. The molecule has 0 bridgehead atoms. The lowest BCUT2D eigenvalue weighted by molar-refractivity contribution is 1.05. The fourth-order valence-corrected chi connectivity index (χ4v) is 4.73. The Bertz CT molecular complexity index is 1150. The maximum atomic E-state index is 3.54. The molecule has 3 aromatic carbocycles. The van der Waals surface area contributed by atoms with Crippen molar-refractivity contribution < 1.29 is 0 Å². The monoisotopic (exact) mass is 353 g/mol. The van der Waals surface area contributed by atoms with E-state index in [4.69, 9.17) is 0 Å². The summed E-state index contributed by atoms with van der Waals surface area (Å²) in [4.78, 5) is 0. The van der Waals surface area contributed by atoms with Gasteiger partial charge in [0.15, 0.2) is 0 Å². The Morgan fingerprint density at radius 1 is 0.769 bits per heavy atom. The van der Waals surface area contributed by atoms with Crippen LogP contribution in [0.3, 0.4) is 0 Å². The smallest absolute Gasteiger partial charge is 0.0398 e. The van der Waals surface area contributed by atoms with Gasteiger partial charge < -0.3 is 5.32 Å². The summed E-state index contributed by atoms with van der Waals surface area (Å²) in [6.07, 6.45) is 8.88. The molecule has 0 saturated heterocycles. The molecule has 5 rings (SSSR count). The van der Waals surface area contributed by atoms with Crippen molar-refractivity contribution in [3.05, 3.63) is 90.5 Å². The second-order valence-corrected chi connectivity index (χ2v) is 7.75. The number of fused-ring (bicyclic) bond motifs is 3. The van der Waals surface area contributed by atoms with Crippen molar-refractivity contribution in [2.75, 3.05) is 5.32 Å². The lowest BCUT2D eigenvalue weighted by Crippen LogP contribution is -1.92. The standard InChI is InChI=1S/C24H19NS/c1-2-6-17(7-3-1)18-10-12-19(13-11-18)25-20-14-15-22-21-8-4-5-9-23(21)26-24(22)16-20/h1-2,4-6,8-16,25H,3,7H2. The zero-order valence-electron chi connectivity index (χ0n) is 14.4. The molecule has 2 heteroatoms. The van der Waals surface area contributed by atoms with Crippen LogP contribution in [0.5, 0.6) is 0 Å². The number of thiophene rings is 1. The molecule has 1 aliphatic carbocycles. The number of hydrogen-bond acceptors (Lipinski definition) is 2. The van der Waals surface area contributed by atoms with Crippen molar-refractivity contribution in [3.63, 3.8) is 0 Å². The Morgan fingerprint density at radius 2 is 1.58 bits per heavy atom. The van der Waals surface area contributed by atoms with E-state index < -0.39 is 0 Å². The van der Waals surface area contributed by atoms with Crippen LogP contribution in [0.25, 0.3) is 25.7 Å². The third-order valence-corrected chi connectivity index (χ3v) is 6.07. The average molecular weight is 353 g/mol. The van der Waals surface area contributed by atoms with Crippen LogP contribution < -0.4 is 5.32 Å². The highest BCUT2D eigenvalue weighted by atomic mass is 32.1. The lowest BCUT2D eigenvalue weighted by atomic mass is 9.97. The molecule has 0 aliphatic heterocycles. The van der Waals surface area contributed by atoms with Crippen LogP contribution in [0.15, 0.2) is 85.0 Å². The average Bonchev–Trinajstić information content (AvgIpc) is 3.07. The summed E-state index contributed by atoms with van der Waals surface area (Å²) >= 11 is 1.85. The minimum Gasteiger partial charge on any atom is -0.355 e. The number of benzene rings is 3. The van der Waals surface area contributed by atoms with Crippen molar-refractivity contribution in [1.82, 2.24) is 0 Å². The van der Waals surface area contributed by atoms with Gasteiger partial charge in [-0.25, -0.2) is 0 Å². The summed E-state index contributed by atoms with van der Waals surface area (Å²) in [6.45, 7) is 0. The molecular weight excluding hydrogens is 334 g/mol. The van der Waals surface area contributed by atoms with Gasteiger partial charge >= 0.3 is 0 Å². The first-order chi connectivity index (χ1) is 12.9. The second kappa shape index (κ2) is 6.47. The topological polar surface area (TPSA) is 12.0 Å². The minimum atomic E-state index is 1.13. The first-order valence-corrected chi connectivity index (χ1v) is 9.83. The van der Waals surface area contributed by atoms with Crippen molar-refractivity contribution in [2.24, 2.45) is 0 Å². The highest BCUT2D eigenvalue weighted by Crippen LogP contribution is 2.35. The summed E-state index contributed by atoms with van der Waals surface area (Å²) in [5.41, 5.74) is 5.00. The van der Waals surface area contributed by atoms with Crippen molar-refractivity contribution in [3.8, 4) is 0 Å². The molecule has 1 nitrogen and oxygen atoms in total. The number of rotatable bonds is 3. The summed E-state index contributed by atoms with van der Waals surface area (Å²) < 4.78 is 2.67. The van der Waals surface area contributed by atoms with E-state index >= 15 is 0 Å². The Balaban J connectivity index is 1.42. The van der Waals surface area contributed by atoms with Gasteiger partial charge in [0.1, 0.15) is 0 Å². The molecule has 1 aromatic heterocycles. The molecule has 0 atom stereocenters. The number of allylic oxidation sites excluding steroid dienone is 4. The molecule has 4 aromatic rings. The zero-order valence-corrected chi connectivity index (χ0v) is 15.2. The zero-order chi connectivity index (χ0) is 17.3. The van der Waals surface area contributed by atoms with Gasteiger partial charge in [0.25, 0.3) is 0 Å². The molecule has 1 heterocycles. The number of anilines is 2. The van der Waals surface area contributed by atoms with Gasteiger partial charge in [-0.3, -0.25) is 0 Å². The summed E-state index contributed by atoms with van der Waals surface area (Å²) in [5.74, 6) is 0. The van der Waals surface area contributed by atoms with Crippen LogP contribution in [0, 0.1) is 0 Å². The maximum Gasteiger partial charge on any atom is 0.0398 e. The molecule has 0 amide bonds. The van der Waals surface area contributed by atoms with E-state index in [2.05, 4.69) is 90.3 Å². The van der Waals surface area contributed by atoms with Gasteiger partial charge in [-0.1, -0.05) is 54.6 Å². The normalized spacial score (nSPS) is 13.9. The minimum absolute atomic E-state index is 1.13. The van der Waals surface area contributed by atoms with Crippen LogP contribution in [0.1, 0.15) is 18.4 Å². The van der Waals surface area contributed by atoms with Gasteiger partial charge in [-0.2, -0.15) is 0 Å². The van der Waals surface area contributed by atoms with Gasteiger partial charge in [-0.15, -0.1) is 11.3 Å². The van der Waals surface area contributed by atoms with Crippen LogP contribution in [-0.2, 0) is 0 Å². The lowest BCUT2D eigenvalue weighted by Gasteiger charge is -2.11. The Morgan fingerprint density at radius 3 is 2.42 bits per heavy atom. The molecule has 1 N–H and O–H groups in total. The largest absolute Gasteiger partial charge is 0.355 e. The predicted molar refractivity (Wildman–Crippen MR) is 115 cm³/mol. The van der Waals surface area contributed by atoms with E-state index in [9.17, 15) is 0 Å². The van der Waals surface area contributed by atoms with Gasteiger partial charge in [-0.05, 0) is 54.3 Å². The van der Waals surface area contributed by atoms with Crippen LogP contribution in [0.4, 0.5) is 11.4 Å². The van der Waals surface area contributed by atoms with E-state index in [1.165, 1.54) is 31.3 Å². The Labute approximate surface area is 157 Å². The fourth-order valence-electron chi connectivity index (χ4n) is 3.58. The molecular formula is C24H19NS. The first-order valence-electron chi connectivity index (χ1n) is 9.01. The SMILES string of the molecule is C1=CCCC(c2ccc(Nc3ccc4c(c3)sc3ccccc34)cc2)=C1. The van der Waals surface area contributed by atoms with E-state index in [-0.39, 0.29) is 0 Å². The highest BCUT2D eigenvalue weighted by molar-refractivity contribution is 7.25. The first kappa shape index (κ1) is 15.4. The van der Waals surface area contributed by atoms with E-state index in [1.54, 1.807) is 0 Å². The maximum absolute atomic E-state index is 3.54. The summed E-state index contributed by atoms with van der Waals surface area (Å²) in [7, 11) is 0. The van der Waals surface area contributed by atoms with Crippen LogP contribution in [0.2, 0.25) is 0 Å². The van der Waals surface area contributed by atoms with Gasteiger partial charge in [0, 0.05) is 31.5 Å². The fraction of sp³-hybridized carbons (Fsp3) is 0.0833. The van der Waals surface area contributed by atoms with E-state index in [0.29, 0.717) is 0 Å². The molecule has 0 fully saturated rings. The van der Waals surface area contributed by atoms with Crippen molar-refractivity contribution >= 4 is 48.5 Å². The second-order valence-electron chi connectivity index (χ2n) is 6.67. The molecule has 26 heavy (non-hydrogen) atoms. The van der Waals surface area contributed by atoms with Crippen molar-refractivity contribution in [1.29, 1.82) is 0 Å². The number of hydrogen-bond donors (Lipinski definition) is 1. The van der Waals surface area contributed by atoms with Crippen LogP contribution in [-0.4, -0.2) is 0 Å². The van der Waals surface area contributed by atoms with E-state index in [0.717, 1.165) is 24.2 Å². The summed E-state index contributed by atoms with van der Waals surface area (Å²) in [6, 6.07) is 24.0. The molecule has 1 aliphatic rings. The van der Waals surface area contributed by atoms with Crippen LogP contribution >= 0.6 is 11.3 Å². The van der Waals surface area contributed by atoms with Gasteiger partial charge in [0.2, 0.25) is 0 Å². The molecule has 0 saturated carbocycles. The van der Waals surface area contributed by atoms with E-state index in [1.807, 2.05) is 11.3 Å². The molecule has 0 radical (unpaired) electrons. The number of nitrogens with one attached hydrogen (secondary N) is 1. The Hall–Kier alpha value is -2.84. The quantitative estimate of drug-likeness (QED) is 0.401. The summed E-state index contributed by atoms with van der Waals surface area (Å²) in [5, 5.41) is 6.23. The van der Waals surface area contributed by atoms with Crippen molar-refractivity contribution in [2.45, 2.75) is 12.8 Å².